The quantitative estimate of drug-likeness (QED) is 0.840. The van der Waals surface area contributed by atoms with E-state index in [0.717, 1.165) is 4.90 Å². The molecule has 8 heteroatoms. The Morgan fingerprint density at radius 1 is 1.19 bits per heavy atom. The molecule has 1 N–H and O–H groups in total. The predicted molar refractivity (Wildman–Crippen MR) is 93.6 cm³/mol. The van der Waals surface area contributed by atoms with E-state index in [1.54, 1.807) is 18.2 Å². The Hall–Kier alpha value is -3.42. The molecule has 0 radical (unpaired) electrons. The van der Waals surface area contributed by atoms with Crippen molar-refractivity contribution in [2.45, 2.75) is 13.3 Å². The maximum absolute atomic E-state index is 13.0. The van der Waals surface area contributed by atoms with Crippen molar-refractivity contribution < 1.29 is 23.9 Å². The van der Waals surface area contributed by atoms with Crippen LogP contribution in [0.3, 0.4) is 0 Å². The van der Waals surface area contributed by atoms with Crippen molar-refractivity contribution in [3.8, 4) is 11.5 Å². The summed E-state index contributed by atoms with van der Waals surface area (Å²) >= 11 is 0. The second-order valence-corrected chi connectivity index (χ2v) is 5.66. The molecule has 1 aromatic heterocycles. The van der Waals surface area contributed by atoms with Gasteiger partial charge in [-0.3, -0.25) is 14.4 Å². The van der Waals surface area contributed by atoms with Crippen molar-refractivity contribution in [1.82, 2.24) is 4.98 Å². The standard InChI is InChI=1S/C18H17N3O5/c1-10(22)20-15-5-4-12(9-19-15)21-16(23)7-11-6-13(25-2)8-14(26-3)17(11)18(21)24/h4-6,8-9H,7H2,1-3H3,(H,19,20,22). The van der Waals surface area contributed by atoms with Crippen LogP contribution in [0.25, 0.3) is 0 Å². The van der Waals surface area contributed by atoms with Gasteiger partial charge in [0.2, 0.25) is 11.8 Å². The van der Waals surface area contributed by atoms with Crippen molar-refractivity contribution in [2.75, 3.05) is 24.4 Å². The van der Waals surface area contributed by atoms with Crippen LogP contribution < -0.4 is 19.7 Å². The topological polar surface area (TPSA) is 97.8 Å². The second kappa shape index (κ2) is 6.83. The predicted octanol–water partition coefficient (Wildman–Crippen LogP) is 1.79. The maximum Gasteiger partial charge on any atom is 0.269 e. The van der Waals surface area contributed by atoms with Gasteiger partial charge in [-0.05, 0) is 23.8 Å². The van der Waals surface area contributed by atoms with Gasteiger partial charge in [-0.25, -0.2) is 9.88 Å². The van der Waals surface area contributed by atoms with Gasteiger partial charge in [0.05, 0.1) is 38.1 Å². The summed E-state index contributed by atoms with van der Waals surface area (Å²) in [5, 5.41) is 2.53. The molecule has 0 saturated carbocycles. The van der Waals surface area contributed by atoms with Gasteiger partial charge in [0.15, 0.2) is 0 Å². The smallest absolute Gasteiger partial charge is 0.269 e. The second-order valence-electron chi connectivity index (χ2n) is 5.66. The molecule has 1 aliphatic heterocycles. The number of hydrogen-bond acceptors (Lipinski definition) is 6. The third-order valence-electron chi connectivity index (χ3n) is 3.93. The molecule has 134 valence electrons. The Bertz CT molecular complexity index is 892. The molecule has 0 unspecified atom stereocenters. The summed E-state index contributed by atoms with van der Waals surface area (Å²) in [6, 6.07) is 6.33. The summed E-state index contributed by atoms with van der Waals surface area (Å²) in [5.74, 6) is 0.0428. The van der Waals surface area contributed by atoms with E-state index in [1.165, 1.54) is 33.4 Å². The zero-order valence-electron chi connectivity index (χ0n) is 14.5. The van der Waals surface area contributed by atoms with Crippen molar-refractivity contribution >= 4 is 29.2 Å². The van der Waals surface area contributed by atoms with E-state index in [9.17, 15) is 14.4 Å². The van der Waals surface area contributed by atoms with Crippen LogP contribution in [0.15, 0.2) is 30.5 Å². The monoisotopic (exact) mass is 355 g/mol. The molecule has 1 aromatic carbocycles. The average molecular weight is 355 g/mol. The number of rotatable bonds is 4. The Morgan fingerprint density at radius 2 is 1.96 bits per heavy atom. The van der Waals surface area contributed by atoms with E-state index in [-0.39, 0.29) is 18.2 Å². The molecular formula is C18H17N3O5. The van der Waals surface area contributed by atoms with Crippen LogP contribution in [0.4, 0.5) is 11.5 Å². The lowest BCUT2D eigenvalue weighted by Gasteiger charge is -2.28. The number of methoxy groups -OCH3 is 2. The summed E-state index contributed by atoms with van der Waals surface area (Å²) in [7, 11) is 2.95. The first-order chi connectivity index (χ1) is 12.4. The molecular weight excluding hydrogens is 338 g/mol. The fourth-order valence-corrected chi connectivity index (χ4v) is 2.81. The number of ether oxygens (including phenoxy) is 2. The molecule has 0 bridgehead atoms. The molecule has 2 heterocycles. The summed E-state index contributed by atoms with van der Waals surface area (Å²) < 4.78 is 10.5. The Balaban J connectivity index is 2.00. The molecule has 0 fully saturated rings. The Kier molecular flexibility index (Phi) is 4.57. The van der Waals surface area contributed by atoms with Crippen LogP contribution >= 0.6 is 0 Å². The zero-order valence-corrected chi connectivity index (χ0v) is 14.5. The summed E-state index contributed by atoms with van der Waals surface area (Å²) in [6.45, 7) is 1.37. The highest BCUT2D eigenvalue weighted by Gasteiger charge is 2.35. The number of carbonyl (C=O) groups excluding carboxylic acids is 3. The molecule has 1 aliphatic rings. The van der Waals surface area contributed by atoms with E-state index >= 15 is 0 Å². The molecule has 3 rings (SSSR count). The lowest BCUT2D eigenvalue weighted by atomic mass is 9.96. The highest BCUT2D eigenvalue weighted by molar-refractivity contribution is 6.25. The van der Waals surface area contributed by atoms with Crippen molar-refractivity contribution in [1.29, 1.82) is 0 Å². The molecule has 2 aromatic rings. The van der Waals surface area contributed by atoms with Crippen LogP contribution in [0, 0.1) is 0 Å². The van der Waals surface area contributed by atoms with Gasteiger partial charge in [-0.15, -0.1) is 0 Å². The van der Waals surface area contributed by atoms with E-state index < -0.39 is 5.91 Å². The van der Waals surface area contributed by atoms with Gasteiger partial charge in [0, 0.05) is 13.0 Å². The molecule has 0 atom stereocenters. The third-order valence-corrected chi connectivity index (χ3v) is 3.93. The van der Waals surface area contributed by atoms with Crippen LogP contribution in [0.2, 0.25) is 0 Å². The summed E-state index contributed by atoms with van der Waals surface area (Å²) in [4.78, 5) is 41.7. The number of benzene rings is 1. The number of pyridine rings is 1. The zero-order chi connectivity index (χ0) is 18.8. The summed E-state index contributed by atoms with van der Waals surface area (Å²) in [5.41, 5.74) is 1.19. The number of imide groups is 1. The first kappa shape index (κ1) is 17.4. The number of nitrogens with zero attached hydrogens (tertiary/aromatic N) is 2. The lowest BCUT2D eigenvalue weighted by Crippen LogP contribution is -2.42. The van der Waals surface area contributed by atoms with Crippen molar-refractivity contribution in [2.24, 2.45) is 0 Å². The first-order valence-electron chi connectivity index (χ1n) is 7.80. The molecule has 26 heavy (non-hydrogen) atoms. The maximum atomic E-state index is 13.0. The SMILES string of the molecule is COc1cc2c(c(OC)c1)C(=O)N(c1ccc(NC(C)=O)nc1)C(=O)C2. The number of nitrogens with one attached hydrogen (secondary N) is 1. The molecule has 0 spiro atoms. The number of fused-ring (bicyclic) bond motifs is 1. The number of anilines is 2. The Morgan fingerprint density at radius 3 is 2.54 bits per heavy atom. The van der Waals surface area contributed by atoms with Gasteiger partial charge in [0.1, 0.15) is 17.3 Å². The number of carbonyl (C=O) groups is 3. The van der Waals surface area contributed by atoms with Crippen molar-refractivity contribution in [3.05, 3.63) is 41.6 Å². The third kappa shape index (κ3) is 3.08. The largest absolute Gasteiger partial charge is 0.497 e. The van der Waals surface area contributed by atoms with Crippen LogP contribution in [-0.4, -0.2) is 36.9 Å². The fraction of sp³-hybridized carbons (Fsp3) is 0.222. The first-order valence-corrected chi connectivity index (χ1v) is 7.80. The van der Waals surface area contributed by atoms with Crippen molar-refractivity contribution in [3.63, 3.8) is 0 Å². The minimum atomic E-state index is -0.496. The Labute approximate surface area is 149 Å². The van der Waals surface area contributed by atoms with Crippen LogP contribution in [-0.2, 0) is 16.0 Å². The lowest BCUT2D eigenvalue weighted by molar-refractivity contribution is -0.117. The molecule has 8 nitrogen and oxygen atoms in total. The van der Waals surface area contributed by atoms with E-state index in [4.69, 9.17) is 9.47 Å². The van der Waals surface area contributed by atoms with Gasteiger partial charge >= 0.3 is 0 Å². The number of aromatic nitrogens is 1. The number of hydrogen-bond donors (Lipinski definition) is 1. The van der Waals surface area contributed by atoms with Gasteiger partial charge in [-0.1, -0.05) is 0 Å². The van der Waals surface area contributed by atoms with Gasteiger partial charge in [0.25, 0.3) is 5.91 Å². The number of amides is 3. The molecule has 0 saturated heterocycles. The van der Waals surface area contributed by atoms with Crippen LogP contribution in [0.5, 0.6) is 11.5 Å². The van der Waals surface area contributed by atoms with E-state index in [0.29, 0.717) is 34.1 Å². The molecule has 0 aliphatic carbocycles. The fourth-order valence-electron chi connectivity index (χ4n) is 2.81. The van der Waals surface area contributed by atoms with Gasteiger partial charge < -0.3 is 14.8 Å². The summed E-state index contributed by atoms with van der Waals surface area (Å²) in [6.07, 6.45) is 1.39. The van der Waals surface area contributed by atoms with E-state index in [2.05, 4.69) is 10.3 Å². The minimum Gasteiger partial charge on any atom is -0.497 e. The highest BCUT2D eigenvalue weighted by atomic mass is 16.5. The average Bonchev–Trinajstić information content (AvgIpc) is 2.61. The van der Waals surface area contributed by atoms with Crippen LogP contribution in [0.1, 0.15) is 22.8 Å². The molecule has 3 amide bonds. The normalized spacial score (nSPS) is 13.3. The van der Waals surface area contributed by atoms with E-state index in [1.807, 2.05) is 0 Å². The minimum absolute atomic E-state index is 0.0298. The van der Waals surface area contributed by atoms with Gasteiger partial charge in [-0.2, -0.15) is 0 Å². The highest BCUT2D eigenvalue weighted by Crippen LogP contribution is 2.35.